The first-order valence-corrected chi connectivity index (χ1v) is 7.18. The lowest BCUT2D eigenvalue weighted by Crippen LogP contribution is -2.17. The van der Waals surface area contributed by atoms with Crippen molar-refractivity contribution in [1.29, 1.82) is 0 Å². The van der Waals surface area contributed by atoms with Crippen LogP contribution in [0.5, 0.6) is 0 Å². The van der Waals surface area contributed by atoms with Crippen LogP contribution >= 0.6 is 0 Å². The zero-order chi connectivity index (χ0) is 13.9. The smallest absolute Gasteiger partial charge is 0.305 e. The number of rotatable bonds is 8. The van der Waals surface area contributed by atoms with E-state index in [2.05, 4.69) is 24.3 Å². The third-order valence-corrected chi connectivity index (χ3v) is 3.46. The van der Waals surface area contributed by atoms with Gasteiger partial charge in [-0.3, -0.25) is 4.79 Å². The van der Waals surface area contributed by atoms with E-state index >= 15 is 0 Å². The summed E-state index contributed by atoms with van der Waals surface area (Å²) in [6.45, 7) is 2.27. The molecule has 0 N–H and O–H groups in total. The first-order chi connectivity index (χ1) is 9.27. The maximum absolute atomic E-state index is 11.1. The Balaban J connectivity index is 2.14. The number of hydrogen-bond acceptors (Lipinski definition) is 3. The van der Waals surface area contributed by atoms with Gasteiger partial charge >= 0.3 is 5.97 Å². The van der Waals surface area contributed by atoms with E-state index in [9.17, 15) is 9.59 Å². The summed E-state index contributed by atoms with van der Waals surface area (Å²) in [7, 11) is 0. The first-order valence-electron chi connectivity index (χ1n) is 7.18. The second-order valence-corrected chi connectivity index (χ2v) is 4.91. The van der Waals surface area contributed by atoms with Crippen LogP contribution in [0, 0.1) is 11.8 Å². The van der Waals surface area contributed by atoms with Crippen molar-refractivity contribution in [2.45, 2.75) is 45.4 Å². The summed E-state index contributed by atoms with van der Waals surface area (Å²) in [5, 5.41) is 0. The zero-order valence-corrected chi connectivity index (χ0v) is 11.7. The molecule has 0 fully saturated rings. The molecule has 3 heteroatoms. The van der Waals surface area contributed by atoms with Crippen molar-refractivity contribution in [3.63, 3.8) is 0 Å². The Labute approximate surface area is 115 Å². The zero-order valence-electron chi connectivity index (χ0n) is 11.7. The number of unbranched alkanes of at least 4 members (excludes halogenated alkanes) is 1. The molecule has 0 radical (unpaired) electrons. The second kappa shape index (κ2) is 9.54. The molecule has 2 unspecified atom stereocenters. The molecule has 0 bridgehead atoms. The fraction of sp³-hybridized carbons (Fsp3) is 0.625. The standard InChI is InChI=1S/C16H24O3/c1-2-19-16(18)12-6-4-3-5-9-14-10-7-8-11-15(14)13-17/h3,5,7-8,13-15H,2,4,6,9-12H2,1H3/b5-3-. The van der Waals surface area contributed by atoms with Gasteiger partial charge in [0.2, 0.25) is 0 Å². The lowest BCUT2D eigenvalue weighted by Gasteiger charge is -2.22. The normalized spacial score (nSPS) is 22.6. The van der Waals surface area contributed by atoms with Gasteiger partial charge in [-0.2, -0.15) is 0 Å². The van der Waals surface area contributed by atoms with Crippen molar-refractivity contribution in [2.24, 2.45) is 11.8 Å². The van der Waals surface area contributed by atoms with Crippen molar-refractivity contribution >= 4 is 12.3 Å². The van der Waals surface area contributed by atoms with Crippen LogP contribution in [0.25, 0.3) is 0 Å². The Morgan fingerprint density at radius 1 is 1.32 bits per heavy atom. The maximum atomic E-state index is 11.1. The Kier molecular flexibility index (Phi) is 7.87. The van der Waals surface area contributed by atoms with Gasteiger partial charge in [-0.05, 0) is 44.9 Å². The summed E-state index contributed by atoms with van der Waals surface area (Å²) in [5.74, 6) is 0.507. The van der Waals surface area contributed by atoms with Gasteiger partial charge in [0, 0.05) is 12.3 Å². The molecule has 2 atom stereocenters. The van der Waals surface area contributed by atoms with Crippen LogP contribution in [0.4, 0.5) is 0 Å². The van der Waals surface area contributed by atoms with Crippen molar-refractivity contribution in [2.75, 3.05) is 6.61 Å². The van der Waals surface area contributed by atoms with Crippen molar-refractivity contribution < 1.29 is 14.3 Å². The van der Waals surface area contributed by atoms with Gasteiger partial charge in [0.25, 0.3) is 0 Å². The van der Waals surface area contributed by atoms with Crippen LogP contribution in [0.1, 0.15) is 45.4 Å². The first kappa shape index (κ1) is 15.7. The molecule has 0 spiro atoms. The number of ether oxygens (including phenoxy) is 1. The molecule has 1 rings (SSSR count). The number of carbonyl (C=O) groups is 2. The van der Waals surface area contributed by atoms with Crippen LogP contribution in [-0.2, 0) is 14.3 Å². The minimum absolute atomic E-state index is 0.116. The molecule has 0 amide bonds. The Hall–Kier alpha value is -1.38. The molecule has 106 valence electrons. The SMILES string of the molecule is CCOC(=O)CCC/C=C\CC1CC=CCC1C=O. The molecule has 19 heavy (non-hydrogen) atoms. The number of esters is 1. The summed E-state index contributed by atoms with van der Waals surface area (Å²) in [6.07, 6.45) is 14.6. The molecule has 0 aromatic rings. The van der Waals surface area contributed by atoms with E-state index in [0.717, 1.165) is 38.4 Å². The molecule has 0 saturated heterocycles. The predicted octanol–water partition coefficient (Wildman–Crippen LogP) is 3.45. The fourth-order valence-corrected chi connectivity index (χ4v) is 2.32. The summed E-state index contributed by atoms with van der Waals surface area (Å²) in [5.41, 5.74) is 0. The van der Waals surface area contributed by atoms with Crippen molar-refractivity contribution in [1.82, 2.24) is 0 Å². The minimum atomic E-state index is -0.116. The molecular formula is C16H24O3. The molecule has 1 aliphatic rings. The van der Waals surface area contributed by atoms with E-state index in [1.54, 1.807) is 0 Å². The molecular weight excluding hydrogens is 240 g/mol. The predicted molar refractivity (Wildman–Crippen MR) is 75.7 cm³/mol. The molecule has 0 aromatic heterocycles. The molecule has 0 aliphatic heterocycles. The van der Waals surface area contributed by atoms with Crippen LogP contribution in [0.3, 0.4) is 0 Å². The van der Waals surface area contributed by atoms with Crippen molar-refractivity contribution in [3.8, 4) is 0 Å². The van der Waals surface area contributed by atoms with E-state index in [0.29, 0.717) is 18.9 Å². The van der Waals surface area contributed by atoms with E-state index in [1.165, 1.54) is 0 Å². The largest absolute Gasteiger partial charge is 0.466 e. The average molecular weight is 264 g/mol. The highest BCUT2D eigenvalue weighted by molar-refractivity contribution is 5.69. The van der Waals surface area contributed by atoms with Gasteiger partial charge < -0.3 is 9.53 Å². The maximum Gasteiger partial charge on any atom is 0.305 e. The molecule has 3 nitrogen and oxygen atoms in total. The average Bonchev–Trinajstić information content (AvgIpc) is 2.43. The van der Waals surface area contributed by atoms with E-state index in [4.69, 9.17) is 4.74 Å². The summed E-state index contributed by atoms with van der Waals surface area (Å²) >= 11 is 0. The monoisotopic (exact) mass is 264 g/mol. The number of hydrogen-bond donors (Lipinski definition) is 0. The third kappa shape index (κ3) is 6.37. The Morgan fingerprint density at radius 2 is 2.11 bits per heavy atom. The summed E-state index contributed by atoms with van der Waals surface area (Å²) < 4.78 is 4.86. The number of carbonyl (C=O) groups excluding carboxylic acids is 2. The number of allylic oxidation sites excluding steroid dienone is 4. The summed E-state index contributed by atoms with van der Waals surface area (Å²) in [6, 6.07) is 0. The van der Waals surface area contributed by atoms with Crippen molar-refractivity contribution in [3.05, 3.63) is 24.3 Å². The van der Waals surface area contributed by atoms with Crippen LogP contribution in [0.15, 0.2) is 24.3 Å². The Morgan fingerprint density at radius 3 is 2.84 bits per heavy atom. The van der Waals surface area contributed by atoms with Gasteiger partial charge in [0.05, 0.1) is 6.61 Å². The quantitative estimate of drug-likeness (QED) is 0.292. The lowest BCUT2D eigenvalue weighted by molar-refractivity contribution is -0.143. The van der Waals surface area contributed by atoms with Crippen LogP contribution in [0.2, 0.25) is 0 Å². The summed E-state index contributed by atoms with van der Waals surface area (Å²) in [4.78, 5) is 22.0. The van der Waals surface area contributed by atoms with Crippen LogP contribution in [-0.4, -0.2) is 18.9 Å². The molecule has 1 aliphatic carbocycles. The lowest BCUT2D eigenvalue weighted by atomic mass is 9.82. The highest BCUT2D eigenvalue weighted by Gasteiger charge is 2.20. The van der Waals surface area contributed by atoms with Gasteiger partial charge in [-0.1, -0.05) is 24.3 Å². The fourth-order valence-electron chi connectivity index (χ4n) is 2.32. The van der Waals surface area contributed by atoms with E-state index in [1.807, 2.05) is 6.92 Å². The van der Waals surface area contributed by atoms with E-state index < -0.39 is 0 Å². The highest BCUT2D eigenvalue weighted by atomic mass is 16.5. The molecule has 0 aromatic carbocycles. The van der Waals surface area contributed by atoms with Gasteiger partial charge in [-0.15, -0.1) is 0 Å². The highest BCUT2D eigenvalue weighted by Crippen LogP contribution is 2.27. The topological polar surface area (TPSA) is 43.4 Å². The second-order valence-electron chi connectivity index (χ2n) is 4.91. The minimum Gasteiger partial charge on any atom is -0.466 e. The molecule has 0 saturated carbocycles. The van der Waals surface area contributed by atoms with Gasteiger partial charge in [-0.25, -0.2) is 0 Å². The van der Waals surface area contributed by atoms with E-state index in [-0.39, 0.29) is 11.9 Å². The van der Waals surface area contributed by atoms with Gasteiger partial charge in [0.15, 0.2) is 0 Å². The third-order valence-electron chi connectivity index (χ3n) is 3.46. The van der Waals surface area contributed by atoms with Gasteiger partial charge in [0.1, 0.15) is 6.29 Å². The molecule has 0 heterocycles. The number of aldehydes is 1. The Bertz CT molecular complexity index is 331. The van der Waals surface area contributed by atoms with Crippen LogP contribution < -0.4 is 0 Å².